The zero-order valence-electron chi connectivity index (χ0n) is 7.58. The van der Waals surface area contributed by atoms with E-state index < -0.39 is 11.6 Å². The second-order valence-electron chi connectivity index (χ2n) is 2.92. The van der Waals surface area contributed by atoms with Crippen LogP contribution in [-0.2, 0) is 6.42 Å². The largest absolute Gasteiger partial charge is 0.374 e. The summed E-state index contributed by atoms with van der Waals surface area (Å²) in [7, 11) is 0. The van der Waals surface area contributed by atoms with E-state index in [1.54, 1.807) is 0 Å². The number of nitrogen functional groups attached to an aromatic ring is 1. The lowest BCUT2D eigenvalue weighted by molar-refractivity contribution is 0.500. The second kappa shape index (κ2) is 3.90. The first-order chi connectivity index (χ1) is 7.16. The molecule has 0 atom stereocenters. The SMILES string of the molecule is Nc1nnc(Cc2cccc(F)c2F)s1. The fourth-order valence-electron chi connectivity index (χ4n) is 1.19. The molecule has 0 aliphatic carbocycles. The highest BCUT2D eigenvalue weighted by Crippen LogP contribution is 2.19. The maximum absolute atomic E-state index is 13.2. The Kier molecular flexibility index (Phi) is 2.59. The summed E-state index contributed by atoms with van der Waals surface area (Å²) in [6.07, 6.45) is 0.207. The van der Waals surface area contributed by atoms with Crippen molar-refractivity contribution in [2.75, 3.05) is 5.73 Å². The average Bonchev–Trinajstić information content (AvgIpc) is 2.59. The van der Waals surface area contributed by atoms with Crippen LogP contribution >= 0.6 is 11.3 Å². The molecular formula is C9H7F2N3S. The Morgan fingerprint density at radius 2 is 2.07 bits per heavy atom. The molecule has 6 heteroatoms. The number of anilines is 1. The monoisotopic (exact) mass is 227 g/mol. The summed E-state index contributed by atoms with van der Waals surface area (Å²) < 4.78 is 26.1. The van der Waals surface area contributed by atoms with Gasteiger partial charge in [0.25, 0.3) is 0 Å². The van der Waals surface area contributed by atoms with E-state index in [1.165, 1.54) is 12.1 Å². The third-order valence-electron chi connectivity index (χ3n) is 1.86. The number of aromatic nitrogens is 2. The molecule has 0 amide bonds. The van der Waals surface area contributed by atoms with E-state index in [9.17, 15) is 8.78 Å². The van der Waals surface area contributed by atoms with Crippen molar-refractivity contribution >= 4 is 16.5 Å². The molecule has 0 fully saturated rings. The summed E-state index contributed by atoms with van der Waals surface area (Å²) in [5, 5.41) is 8.22. The predicted molar refractivity (Wildman–Crippen MR) is 53.5 cm³/mol. The fraction of sp³-hybridized carbons (Fsp3) is 0.111. The second-order valence-corrected chi connectivity index (χ2v) is 4.02. The van der Waals surface area contributed by atoms with Gasteiger partial charge in [0.15, 0.2) is 11.6 Å². The molecule has 0 bridgehead atoms. The molecule has 1 aromatic carbocycles. The van der Waals surface area contributed by atoms with Crippen LogP contribution in [0.4, 0.5) is 13.9 Å². The zero-order chi connectivity index (χ0) is 10.8. The van der Waals surface area contributed by atoms with E-state index in [-0.39, 0.29) is 12.0 Å². The lowest BCUT2D eigenvalue weighted by Crippen LogP contribution is -1.95. The van der Waals surface area contributed by atoms with Gasteiger partial charge in [-0.1, -0.05) is 23.5 Å². The molecule has 0 spiro atoms. The fourth-order valence-corrected chi connectivity index (χ4v) is 1.82. The molecule has 3 nitrogen and oxygen atoms in total. The smallest absolute Gasteiger partial charge is 0.203 e. The summed E-state index contributed by atoms with van der Waals surface area (Å²) >= 11 is 1.16. The quantitative estimate of drug-likeness (QED) is 0.853. The van der Waals surface area contributed by atoms with Crippen molar-refractivity contribution in [2.45, 2.75) is 6.42 Å². The molecular weight excluding hydrogens is 220 g/mol. The van der Waals surface area contributed by atoms with Gasteiger partial charge in [0, 0.05) is 6.42 Å². The van der Waals surface area contributed by atoms with E-state index in [0.29, 0.717) is 10.1 Å². The van der Waals surface area contributed by atoms with Gasteiger partial charge in [-0.15, -0.1) is 10.2 Å². The molecule has 2 N–H and O–H groups in total. The Hall–Kier alpha value is -1.56. The molecule has 0 saturated carbocycles. The molecule has 1 heterocycles. The van der Waals surface area contributed by atoms with Crippen LogP contribution in [0.25, 0.3) is 0 Å². The maximum Gasteiger partial charge on any atom is 0.203 e. The van der Waals surface area contributed by atoms with Crippen LogP contribution in [0.5, 0.6) is 0 Å². The minimum absolute atomic E-state index is 0.207. The van der Waals surface area contributed by atoms with Crippen molar-refractivity contribution in [1.29, 1.82) is 0 Å². The number of hydrogen-bond acceptors (Lipinski definition) is 4. The highest BCUT2D eigenvalue weighted by atomic mass is 32.1. The van der Waals surface area contributed by atoms with Crippen LogP contribution in [0.3, 0.4) is 0 Å². The molecule has 2 rings (SSSR count). The number of benzene rings is 1. The van der Waals surface area contributed by atoms with E-state index in [1.807, 2.05) is 0 Å². The van der Waals surface area contributed by atoms with Gasteiger partial charge >= 0.3 is 0 Å². The van der Waals surface area contributed by atoms with Crippen LogP contribution in [0.2, 0.25) is 0 Å². The van der Waals surface area contributed by atoms with Crippen LogP contribution < -0.4 is 5.73 Å². The van der Waals surface area contributed by atoms with Crippen LogP contribution in [0.1, 0.15) is 10.6 Å². The summed E-state index contributed by atoms with van der Waals surface area (Å²) in [5.41, 5.74) is 5.63. The first-order valence-corrected chi connectivity index (χ1v) is 4.99. The van der Waals surface area contributed by atoms with Gasteiger partial charge < -0.3 is 5.73 Å². The Morgan fingerprint density at radius 3 is 2.73 bits per heavy atom. The van der Waals surface area contributed by atoms with Gasteiger partial charge in [-0.05, 0) is 11.6 Å². The van der Waals surface area contributed by atoms with Crippen molar-refractivity contribution in [3.63, 3.8) is 0 Å². The highest BCUT2D eigenvalue weighted by molar-refractivity contribution is 7.15. The minimum atomic E-state index is -0.856. The normalized spacial score (nSPS) is 10.5. The molecule has 2 aromatic rings. The zero-order valence-corrected chi connectivity index (χ0v) is 8.39. The number of halogens is 2. The lowest BCUT2D eigenvalue weighted by Gasteiger charge is -2.00. The van der Waals surface area contributed by atoms with Crippen molar-refractivity contribution in [1.82, 2.24) is 10.2 Å². The highest BCUT2D eigenvalue weighted by Gasteiger charge is 2.10. The van der Waals surface area contributed by atoms with Crippen LogP contribution in [0, 0.1) is 11.6 Å². The van der Waals surface area contributed by atoms with Crippen LogP contribution in [-0.4, -0.2) is 10.2 Å². The van der Waals surface area contributed by atoms with Gasteiger partial charge in [0.05, 0.1) is 0 Å². The summed E-state index contributed by atoms with van der Waals surface area (Å²) in [4.78, 5) is 0. The van der Waals surface area contributed by atoms with Crippen molar-refractivity contribution < 1.29 is 8.78 Å². The Bertz CT molecular complexity index is 484. The van der Waals surface area contributed by atoms with Gasteiger partial charge in [0.2, 0.25) is 5.13 Å². The van der Waals surface area contributed by atoms with E-state index in [0.717, 1.165) is 17.4 Å². The first kappa shape index (κ1) is 9.97. The molecule has 0 radical (unpaired) electrons. The predicted octanol–water partition coefficient (Wildman–Crippen LogP) is 1.99. The number of nitrogens with zero attached hydrogens (tertiary/aromatic N) is 2. The molecule has 0 saturated heterocycles. The third-order valence-corrected chi connectivity index (χ3v) is 2.61. The topological polar surface area (TPSA) is 51.8 Å². The van der Waals surface area contributed by atoms with Gasteiger partial charge in [-0.3, -0.25) is 0 Å². The van der Waals surface area contributed by atoms with Gasteiger partial charge in [-0.25, -0.2) is 8.78 Å². The Labute approximate surface area is 88.6 Å². The summed E-state index contributed by atoms with van der Waals surface area (Å²) in [5.74, 6) is -1.70. The van der Waals surface area contributed by atoms with E-state index in [4.69, 9.17) is 5.73 Å². The molecule has 15 heavy (non-hydrogen) atoms. The average molecular weight is 227 g/mol. The molecule has 0 unspecified atom stereocenters. The Balaban J connectivity index is 2.28. The number of hydrogen-bond donors (Lipinski definition) is 1. The summed E-state index contributed by atoms with van der Waals surface area (Å²) in [6.45, 7) is 0. The maximum atomic E-state index is 13.2. The van der Waals surface area contributed by atoms with Crippen molar-refractivity contribution in [2.24, 2.45) is 0 Å². The summed E-state index contributed by atoms with van der Waals surface area (Å²) in [6, 6.07) is 4.04. The lowest BCUT2D eigenvalue weighted by atomic mass is 10.1. The first-order valence-electron chi connectivity index (χ1n) is 4.17. The van der Waals surface area contributed by atoms with Crippen LogP contribution in [0.15, 0.2) is 18.2 Å². The molecule has 78 valence electrons. The minimum Gasteiger partial charge on any atom is -0.374 e. The Morgan fingerprint density at radius 1 is 1.27 bits per heavy atom. The standard InChI is InChI=1S/C9H7F2N3S/c10-6-3-1-2-5(8(6)11)4-7-13-14-9(12)15-7/h1-3H,4H2,(H2,12,14). The van der Waals surface area contributed by atoms with Crippen molar-refractivity contribution in [3.05, 3.63) is 40.4 Å². The van der Waals surface area contributed by atoms with Crippen molar-refractivity contribution in [3.8, 4) is 0 Å². The molecule has 0 aliphatic heterocycles. The van der Waals surface area contributed by atoms with E-state index in [2.05, 4.69) is 10.2 Å². The van der Waals surface area contributed by atoms with E-state index >= 15 is 0 Å². The molecule has 1 aromatic heterocycles. The number of rotatable bonds is 2. The molecule has 0 aliphatic rings. The van der Waals surface area contributed by atoms with Gasteiger partial charge in [-0.2, -0.15) is 0 Å². The number of nitrogens with two attached hydrogens (primary N) is 1. The third kappa shape index (κ3) is 2.10. The van der Waals surface area contributed by atoms with Gasteiger partial charge in [0.1, 0.15) is 5.01 Å².